The molecule has 0 aliphatic rings. The number of hydrogen-bond acceptors (Lipinski definition) is 2. The molecule has 0 saturated carbocycles. The number of hydrogen-bond donors (Lipinski definition) is 2. The first-order valence-electron chi connectivity index (χ1n) is 5.35. The van der Waals surface area contributed by atoms with E-state index in [2.05, 4.69) is 12.1 Å². The zero-order valence-corrected chi connectivity index (χ0v) is 9.06. The molecule has 16 heavy (non-hydrogen) atoms. The van der Waals surface area contributed by atoms with Gasteiger partial charge in [0.15, 0.2) is 0 Å². The van der Waals surface area contributed by atoms with E-state index in [-0.39, 0.29) is 6.61 Å². The molecule has 2 heteroatoms. The van der Waals surface area contributed by atoms with Crippen LogP contribution in [0, 0.1) is 0 Å². The Labute approximate surface area is 95.4 Å². The second kappa shape index (κ2) is 4.81. The second-order valence-corrected chi connectivity index (χ2v) is 3.80. The molecule has 0 unspecified atom stereocenters. The van der Waals surface area contributed by atoms with Crippen LogP contribution < -0.4 is 5.73 Å². The molecule has 0 heterocycles. The Balaban J connectivity index is 2.32. The van der Waals surface area contributed by atoms with E-state index in [0.717, 1.165) is 22.4 Å². The van der Waals surface area contributed by atoms with Gasteiger partial charge in [0, 0.05) is 12.3 Å². The van der Waals surface area contributed by atoms with Gasteiger partial charge in [-0.2, -0.15) is 0 Å². The van der Waals surface area contributed by atoms with E-state index in [1.807, 2.05) is 36.4 Å². The van der Waals surface area contributed by atoms with Gasteiger partial charge in [0.25, 0.3) is 0 Å². The molecular formula is C14H15NO. The summed E-state index contributed by atoms with van der Waals surface area (Å²) >= 11 is 0. The molecule has 0 saturated heterocycles. The fourth-order valence-electron chi connectivity index (χ4n) is 1.71. The molecule has 82 valence electrons. The molecule has 3 N–H and O–H groups in total. The first kappa shape index (κ1) is 10.7. The number of nitrogen functional groups attached to an aromatic ring is 1. The van der Waals surface area contributed by atoms with Crippen molar-refractivity contribution in [2.24, 2.45) is 0 Å². The summed E-state index contributed by atoms with van der Waals surface area (Å²) in [6.07, 6.45) is 0.697. The summed E-state index contributed by atoms with van der Waals surface area (Å²) in [5.41, 5.74) is 9.88. The standard InChI is InChI=1S/C14H15NO/c15-14-6-4-12(5-7-14)13-3-1-2-11(10-13)8-9-16/h1-7,10,16H,8-9,15H2. The number of rotatable bonds is 3. The Hall–Kier alpha value is -1.80. The van der Waals surface area contributed by atoms with Gasteiger partial charge in [0.1, 0.15) is 0 Å². The number of benzene rings is 2. The number of aliphatic hydroxyl groups is 1. The predicted molar refractivity (Wildman–Crippen MR) is 67.1 cm³/mol. The van der Waals surface area contributed by atoms with Crippen LogP contribution in [0.1, 0.15) is 5.56 Å². The van der Waals surface area contributed by atoms with Crippen LogP contribution in [0.4, 0.5) is 5.69 Å². The van der Waals surface area contributed by atoms with E-state index in [9.17, 15) is 0 Å². The number of aliphatic hydroxyl groups excluding tert-OH is 1. The highest BCUT2D eigenvalue weighted by molar-refractivity contribution is 5.66. The van der Waals surface area contributed by atoms with Crippen molar-refractivity contribution in [1.82, 2.24) is 0 Å². The normalized spacial score (nSPS) is 10.3. The van der Waals surface area contributed by atoms with Crippen molar-refractivity contribution in [2.75, 3.05) is 12.3 Å². The van der Waals surface area contributed by atoms with Gasteiger partial charge in [-0.3, -0.25) is 0 Å². The van der Waals surface area contributed by atoms with Gasteiger partial charge >= 0.3 is 0 Å². The highest BCUT2D eigenvalue weighted by atomic mass is 16.2. The van der Waals surface area contributed by atoms with E-state index in [1.54, 1.807) is 0 Å². The zero-order valence-electron chi connectivity index (χ0n) is 9.06. The Morgan fingerprint density at radius 2 is 1.69 bits per heavy atom. The number of nitrogens with two attached hydrogens (primary N) is 1. The van der Waals surface area contributed by atoms with E-state index >= 15 is 0 Å². The van der Waals surface area contributed by atoms with Gasteiger partial charge < -0.3 is 10.8 Å². The monoisotopic (exact) mass is 213 g/mol. The van der Waals surface area contributed by atoms with Crippen LogP contribution in [0.5, 0.6) is 0 Å². The average molecular weight is 213 g/mol. The minimum absolute atomic E-state index is 0.186. The topological polar surface area (TPSA) is 46.2 Å². The molecule has 0 radical (unpaired) electrons. The van der Waals surface area contributed by atoms with Crippen molar-refractivity contribution in [3.8, 4) is 11.1 Å². The largest absolute Gasteiger partial charge is 0.399 e. The van der Waals surface area contributed by atoms with E-state index < -0.39 is 0 Å². The third-order valence-electron chi connectivity index (χ3n) is 2.57. The summed E-state index contributed by atoms with van der Waals surface area (Å²) in [4.78, 5) is 0. The van der Waals surface area contributed by atoms with Crippen LogP contribution in [-0.2, 0) is 6.42 Å². The van der Waals surface area contributed by atoms with Crippen molar-refractivity contribution < 1.29 is 5.11 Å². The molecule has 0 fully saturated rings. The second-order valence-electron chi connectivity index (χ2n) is 3.80. The van der Waals surface area contributed by atoms with Crippen molar-refractivity contribution in [3.05, 3.63) is 54.1 Å². The fourth-order valence-corrected chi connectivity index (χ4v) is 1.71. The highest BCUT2D eigenvalue weighted by Gasteiger charge is 1.98. The first-order chi connectivity index (χ1) is 7.79. The lowest BCUT2D eigenvalue weighted by Gasteiger charge is -2.05. The smallest absolute Gasteiger partial charge is 0.0471 e. The molecule has 0 spiro atoms. The van der Waals surface area contributed by atoms with Crippen molar-refractivity contribution >= 4 is 5.69 Å². The maximum atomic E-state index is 8.90. The quantitative estimate of drug-likeness (QED) is 0.769. The Morgan fingerprint density at radius 1 is 0.938 bits per heavy atom. The summed E-state index contributed by atoms with van der Waals surface area (Å²) in [7, 11) is 0. The summed E-state index contributed by atoms with van der Waals surface area (Å²) < 4.78 is 0. The van der Waals surface area contributed by atoms with E-state index in [1.165, 1.54) is 0 Å². The Morgan fingerprint density at radius 3 is 2.38 bits per heavy atom. The zero-order chi connectivity index (χ0) is 11.4. The van der Waals surface area contributed by atoms with Crippen LogP contribution in [-0.4, -0.2) is 11.7 Å². The van der Waals surface area contributed by atoms with Gasteiger partial charge in [-0.1, -0.05) is 36.4 Å². The minimum Gasteiger partial charge on any atom is -0.399 e. The Kier molecular flexibility index (Phi) is 3.22. The van der Waals surface area contributed by atoms with Crippen LogP contribution in [0.15, 0.2) is 48.5 Å². The lowest BCUT2D eigenvalue weighted by molar-refractivity contribution is 0.299. The van der Waals surface area contributed by atoms with Gasteiger partial charge in [0.05, 0.1) is 0 Å². The van der Waals surface area contributed by atoms with Crippen LogP contribution >= 0.6 is 0 Å². The van der Waals surface area contributed by atoms with Crippen molar-refractivity contribution in [1.29, 1.82) is 0 Å². The third kappa shape index (κ3) is 2.41. The molecule has 0 atom stereocenters. The molecule has 2 aromatic rings. The van der Waals surface area contributed by atoms with E-state index in [4.69, 9.17) is 10.8 Å². The van der Waals surface area contributed by atoms with Crippen molar-refractivity contribution in [2.45, 2.75) is 6.42 Å². The number of anilines is 1. The molecule has 2 aromatic carbocycles. The van der Waals surface area contributed by atoms with Gasteiger partial charge in [-0.05, 0) is 35.2 Å². The molecule has 2 rings (SSSR count). The maximum absolute atomic E-state index is 8.90. The molecule has 2 nitrogen and oxygen atoms in total. The molecule has 0 aliphatic carbocycles. The molecule has 0 aliphatic heterocycles. The van der Waals surface area contributed by atoms with Gasteiger partial charge in [0.2, 0.25) is 0 Å². The first-order valence-corrected chi connectivity index (χ1v) is 5.35. The molecular weight excluding hydrogens is 198 g/mol. The summed E-state index contributed by atoms with van der Waals surface area (Å²) in [5.74, 6) is 0. The third-order valence-corrected chi connectivity index (χ3v) is 2.57. The van der Waals surface area contributed by atoms with Crippen LogP contribution in [0.2, 0.25) is 0 Å². The summed E-state index contributed by atoms with van der Waals surface area (Å²) in [6.45, 7) is 0.186. The molecule has 0 bridgehead atoms. The Bertz CT molecular complexity index is 462. The average Bonchev–Trinajstić information content (AvgIpc) is 2.31. The van der Waals surface area contributed by atoms with Crippen molar-refractivity contribution in [3.63, 3.8) is 0 Å². The van der Waals surface area contributed by atoms with Gasteiger partial charge in [-0.25, -0.2) is 0 Å². The highest BCUT2D eigenvalue weighted by Crippen LogP contribution is 2.21. The maximum Gasteiger partial charge on any atom is 0.0471 e. The van der Waals surface area contributed by atoms with Gasteiger partial charge in [-0.15, -0.1) is 0 Å². The van der Waals surface area contributed by atoms with Crippen LogP contribution in [0.25, 0.3) is 11.1 Å². The van der Waals surface area contributed by atoms with Crippen LogP contribution in [0.3, 0.4) is 0 Å². The predicted octanol–water partition coefficient (Wildman–Crippen LogP) is 2.47. The summed E-state index contributed by atoms with van der Waals surface area (Å²) in [5, 5.41) is 8.90. The SMILES string of the molecule is Nc1ccc(-c2cccc(CCO)c2)cc1. The summed E-state index contributed by atoms with van der Waals surface area (Å²) in [6, 6.07) is 16.0. The lowest BCUT2D eigenvalue weighted by atomic mass is 10.0. The minimum atomic E-state index is 0.186. The fraction of sp³-hybridized carbons (Fsp3) is 0.143. The molecule has 0 aromatic heterocycles. The lowest BCUT2D eigenvalue weighted by Crippen LogP contribution is -1.90. The van der Waals surface area contributed by atoms with E-state index in [0.29, 0.717) is 6.42 Å². The molecule has 0 amide bonds.